The van der Waals surface area contributed by atoms with E-state index >= 15 is 0 Å². The second-order valence-corrected chi connectivity index (χ2v) is 6.51. The van der Waals surface area contributed by atoms with Gasteiger partial charge in [-0.05, 0) is 31.4 Å². The van der Waals surface area contributed by atoms with Gasteiger partial charge in [0.25, 0.3) is 5.91 Å². The van der Waals surface area contributed by atoms with Gasteiger partial charge >= 0.3 is 5.97 Å². The van der Waals surface area contributed by atoms with Crippen LogP contribution < -0.4 is 0 Å². The third-order valence-corrected chi connectivity index (χ3v) is 5.35. The number of carbonyl (C=O) groups is 2. The molecule has 0 aromatic carbocycles. The summed E-state index contributed by atoms with van der Waals surface area (Å²) in [6.45, 7) is 1.99. The maximum absolute atomic E-state index is 12.8. The van der Waals surface area contributed by atoms with Gasteiger partial charge in [0, 0.05) is 18.0 Å². The SMILES string of the molecule is CCC1SCC(C(=O)O)N1C(=O)c1cccn1C1CC1. The van der Waals surface area contributed by atoms with Crippen LogP contribution in [0.3, 0.4) is 0 Å². The van der Waals surface area contributed by atoms with E-state index in [4.69, 9.17) is 0 Å². The van der Waals surface area contributed by atoms with Crippen LogP contribution in [0.5, 0.6) is 0 Å². The van der Waals surface area contributed by atoms with E-state index in [1.165, 1.54) is 0 Å². The summed E-state index contributed by atoms with van der Waals surface area (Å²) in [5.41, 5.74) is 0.625. The van der Waals surface area contributed by atoms with Crippen molar-refractivity contribution in [2.75, 3.05) is 5.75 Å². The van der Waals surface area contributed by atoms with Gasteiger partial charge in [-0.3, -0.25) is 4.79 Å². The summed E-state index contributed by atoms with van der Waals surface area (Å²) in [5.74, 6) is -0.582. The first-order valence-electron chi connectivity index (χ1n) is 6.97. The van der Waals surface area contributed by atoms with Gasteiger partial charge in [0.15, 0.2) is 0 Å². The highest BCUT2D eigenvalue weighted by atomic mass is 32.2. The zero-order valence-electron chi connectivity index (χ0n) is 11.4. The van der Waals surface area contributed by atoms with Gasteiger partial charge in [-0.15, -0.1) is 11.8 Å². The number of thioether (sulfide) groups is 1. The Kier molecular flexibility index (Phi) is 3.50. The molecule has 1 saturated heterocycles. The number of hydrogen-bond acceptors (Lipinski definition) is 3. The van der Waals surface area contributed by atoms with E-state index in [9.17, 15) is 14.7 Å². The molecule has 1 aliphatic heterocycles. The van der Waals surface area contributed by atoms with Crippen molar-refractivity contribution < 1.29 is 14.7 Å². The molecule has 1 N–H and O–H groups in total. The average Bonchev–Trinajstić information content (AvgIpc) is 3.02. The highest BCUT2D eigenvalue weighted by Crippen LogP contribution is 2.38. The number of aromatic nitrogens is 1. The molecule has 2 unspecified atom stereocenters. The van der Waals surface area contributed by atoms with Gasteiger partial charge in [0.05, 0.1) is 5.37 Å². The van der Waals surface area contributed by atoms with Gasteiger partial charge in [0.2, 0.25) is 0 Å². The first kappa shape index (κ1) is 13.5. The van der Waals surface area contributed by atoms with E-state index in [0.717, 1.165) is 19.3 Å². The minimum atomic E-state index is -0.911. The molecule has 1 aromatic rings. The number of carboxylic acid groups (broad SMARTS) is 1. The molecular formula is C14H18N2O3S. The Morgan fingerprint density at radius 1 is 1.45 bits per heavy atom. The van der Waals surface area contributed by atoms with Crippen LogP contribution in [0.15, 0.2) is 18.3 Å². The van der Waals surface area contributed by atoms with Crippen molar-refractivity contribution in [1.82, 2.24) is 9.47 Å². The Balaban J connectivity index is 1.90. The number of aliphatic carboxylic acids is 1. The molecule has 0 spiro atoms. The predicted octanol–water partition coefficient (Wildman–Crippen LogP) is 2.20. The van der Waals surface area contributed by atoms with Crippen LogP contribution in [0.25, 0.3) is 0 Å². The van der Waals surface area contributed by atoms with Crippen molar-refractivity contribution in [2.45, 2.75) is 43.6 Å². The number of rotatable bonds is 4. The molecule has 2 aliphatic rings. The lowest BCUT2D eigenvalue weighted by atomic mass is 10.2. The van der Waals surface area contributed by atoms with Crippen LogP contribution in [0.2, 0.25) is 0 Å². The summed E-state index contributed by atoms with van der Waals surface area (Å²) in [5, 5.41) is 9.28. The number of carbonyl (C=O) groups excluding carboxylic acids is 1. The molecular weight excluding hydrogens is 276 g/mol. The number of carboxylic acids is 1. The van der Waals surface area contributed by atoms with Crippen molar-refractivity contribution >= 4 is 23.6 Å². The van der Waals surface area contributed by atoms with Gasteiger partial charge in [-0.2, -0.15) is 0 Å². The van der Waals surface area contributed by atoms with Gasteiger partial charge in [-0.25, -0.2) is 4.79 Å². The van der Waals surface area contributed by atoms with Gasteiger partial charge in [-0.1, -0.05) is 6.92 Å². The van der Waals surface area contributed by atoms with Crippen LogP contribution in [0.1, 0.15) is 42.7 Å². The fourth-order valence-electron chi connectivity index (χ4n) is 2.72. The standard InChI is InChI=1S/C14H18N2O3S/c1-2-12-16(11(8-20-12)14(18)19)13(17)10-4-3-7-15(10)9-5-6-9/h3-4,7,9,11-12H,2,5-6,8H2,1H3,(H,18,19). The van der Waals surface area contributed by atoms with E-state index in [2.05, 4.69) is 0 Å². The Morgan fingerprint density at radius 3 is 2.80 bits per heavy atom. The molecule has 108 valence electrons. The van der Waals surface area contributed by atoms with Crippen molar-refractivity contribution in [2.24, 2.45) is 0 Å². The number of amides is 1. The third kappa shape index (κ3) is 2.22. The minimum Gasteiger partial charge on any atom is -0.480 e. The first-order valence-corrected chi connectivity index (χ1v) is 8.02. The van der Waals surface area contributed by atoms with Crippen LogP contribution in [0, 0.1) is 0 Å². The fourth-order valence-corrected chi connectivity index (χ4v) is 4.07. The van der Waals surface area contributed by atoms with E-state index in [0.29, 0.717) is 17.5 Å². The van der Waals surface area contributed by atoms with E-state index in [1.807, 2.05) is 23.8 Å². The Hall–Kier alpha value is -1.43. The molecule has 2 atom stereocenters. The van der Waals surface area contributed by atoms with Gasteiger partial charge < -0.3 is 14.6 Å². The second-order valence-electron chi connectivity index (χ2n) is 5.29. The van der Waals surface area contributed by atoms with Crippen molar-refractivity contribution in [1.29, 1.82) is 0 Å². The smallest absolute Gasteiger partial charge is 0.327 e. The van der Waals surface area contributed by atoms with Crippen LogP contribution in [0.4, 0.5) is 0 Å². The van der Waals surface area contributed by atoms with Crippen LogP contribution in [-0.2, 0) is 4.79 Å². The highest BCUT2D eigenvalue weighted by molar-refractivity contribution is 8.00. The molecule has 1 saturated carbocycles. The zero-order valence-corrected chi connectivity index (χ0v) is 12.2. The number of nitrogens with zero attached hydrogens (tertiary/aromatic N) is 2. The lowest BCUT2D eigenvalue weighted by molar-refractivity contribution is -0.141. The zero-order chi connectivity index (χ0) is 14.3. The maximum atomic E-state index is 12.8. The third-order valence-electron chi connectivity index (χ3n) is 3.90. The van der Waals surface area contributed by atoms with Crippen molar-refractivity contribution in [3.05, 3.63) is 24.0 Å². The molecule has 20 heavy (non-hydrogen) atoms. The number of hydrogen-bond donors (Lipinski definition) is 1. The summed E-state index contributed by atoms with van der Waals surface area (Å²) in [7, 11) is 0. The minimum absolute atomic E-state index is 0.0360. The maximum Gasteiger partial charge on any atom is 0.327 e. The van der Waals surface area contributed by atoms with Crippen LogP contribution in [-0.4, -0.2) is 43.6 Å². The molecule has 1 aliphatic carbocycles. The summed E-state index contributed by atoms with van der Waals surface area (Å²) in [6, 6.07) is 3.38. The van der Waals surface area contributed by atoms with E-state index < -0.39 is 12.0 Å². The quantitative estimate of drug-likeness (QED) is 0.924. The lowest BCUT2D eigenvalue weighted by Gasteiger charge is -2.27. The predicted molar refractivity (Wildman–Crippen MR) is 76.8 cm³/mol. The molecule has 1 amide bonds. The Bertz CT molecular complexity index is 538. The average molecular weight is 294 g/mol. The summed E-state index contributed by atoms with van der Waals surface area (Å²) < 4.78 is 2.00. The van der Waals surface area contributed by atoms with Crippen molar-refractivity contribution in [3.63, 3.8) is 0 Å². The molecule has 3 rings (SSSR count). The molecule has 2 fully saturated rings. The molecule has 0 bridgehead atoms. The Morgan fingerprint density at radius 2 is 2.20 bits per heavy atom. The monoisotopic (exact) mass is 294 g/mol. The molecule has 5 nitrogen and oxygen atoms in total. The summed E-state index contributed by atoms with van der Waals surface area (Å²) in [6.07, 6.45) is 4.89. The lowest BCUT2D eigenvalue weighted by Crippen LogP contribution is -2.46. The summed E-state index contributed by atoms with van der Waals surface area (Å²) in [4.78, 5) is 25.7. The normalized spacial score (nSPS) is 25.9. The fraction of sp³-hybridized carbons (Fsp3) is 0.571. The largest absolute Gasteiger partial charge is 0.480 e. The van der Waals surface area contributed by atoms with E-state index in [-0.39, 0.29) is 11.3 Å². The highest BCUT2D eigenvalue weighted by Gasteiger charge is 2.42. The molecule has 1 aromatic heterocycles. The molecule has 2 heterocycles. The van der Waals surface area contributed by atoms with Crippen LogP contribution >= 0.6 is 11.8 Å². The molecule has 6 heteroatoms. The topological polar surface area (TPSA) is 62.5 Å². The Labute approximate surface area is 121 Å². The molecule has 0 radical (unpaired) electrons. The first-order chi connectivity index (χ1) is 9.63. The van der Waals surface area contributed by atoms with Gasteiger partial charge in [0.1, 0.15) is 11.7 Å². The second kappa shape index (κ2) is 5.16. The van der Waals surface area contributed by atoms with Crippen molar-refractivity contribution in [3.8, 4) is 0 Å². The van der Waals surface area contributed by atoms with E-state index in [1.54, 1.807) is 22.7 Å². The summed E-state index contributed by atoms with van der Waals surface area (Å²) >= 11 is 1.56.